The highest BCUT2D eigenvalue weighted by molar-refractivity contribution is 5.69. The van der Waals surface area contributed by atoms with Crippen molar-refractivity contribution in [2.24, 2.45) is 5.92 Å². The summed E-state index contributed by atoms with van der Waals surface area (Å²) in [5.41, 5.74) is 2.33. The largest absolute Gasteiger partial charge is 0.497 e. The number of esters is 1. The van der Waals surface area contributed by atoms with Crippen molar-refractivity contribution in [1.82, 2.24) is 4.90 Å². The highest BCUT2D eigenvalue weighted by atomic mass is 16.5. The number of unbranched alkanes of at least 4 members (excludes halogenated alkanes) is 11. The predicted octanol–water partition coefficient (Wildman–Crippen LogP) is 12.3. The molecule has 0 spiro atoms. The van der Waals surface area contributed by atoms with Crippen molar-refractivity contribution in [2.75, 3.05) is 40.0 Å². The van der Waals surface area contributed by atoms with Gasteiger partial charge < -0.3 is 29.0 Å². The number of nitrogens with zero attached hydrogens (tertiary/aromatic N) is 1. The van der Waals surface area contributed by atoms with Crippen LogP contribution in [0.2, 0.25) is 0 Å². The van der Waals surface area contributed by atoms with Crippen molar-refractivity contribution in [3.05, 3.63) is 102 Å². The third-order valence-corrected chi connectivity index (χ3v) is 11.7. The molecule has 0 radical (unpaired) electrons. The second kappa shape index (κ2) is 31.4. The molecule has 0 saturated carbocycles. The van der Waals surface area contributed by atoms with Gasteiger partial charge in [0.25, 0.3) is 0 Å². The molecular weight excluding hydrogens is 735 g/mol. The zero-order valence-electron chi connectivity index (χ0n) is 37.1. The summed E-state index contributed by atoms with van der Waals surface area (Å²) in [6.45, 7) is 7.80. The fourth-order valence-corrected chi connectivity index (χ4v) is 8.25. The minimum Gasteiger partial charge on any atom is -0.497 e. The lowest BCUT2D eigenvalue weighted by Gasteiger charge is -2.36. The highest BCUT2D eigenvalue weighted by Gasteiger charge is 2.37. The Kier molecular flexibility index (Phi) is 26.5. The first-order valence-electron chi connectivity index (χ1n) is 23.4. The van der Waals surface area contributed by atoms with Gasteiger partial charge in [-0.25, -0.2) is 0 Å². The Bertz CT molecular complexity index is 1430. The molecule has 3 aromatic carbocycles. The second-order valence-electron chi connectivity index (χ2n) is 16.5. The van der Waals surface area contributed by atoms with E-state index in [1.807, 2.05) is 24.3 Å². The van der Waals surface area contributed by atoms with Gasteiger partial charge in [0, 0.05) is 32.5 Å². The molecule has 0 amide bonds. The zero-order chi connectivity index (χ0) is 42.2. The van der Waals surface area contributed by atoms with Crippen molar-refractivity contribution in [2.45, 2.75) is 160 Å². The Labute approximate surface area is 358 Å². The van der Waals surface area contributed by atoms with Crippen LogP contribution in [0.3, 0.4) is 0 Å². The number of aliphatic hydroxyl groups excluding tert-OH is 1. The molecule has 59 heavy (non-hydrogen) atoms. The molecule has 0 aliphatic carbocycles. The summed E-state index contributed by atoms with van der Waals surface area (Å²) in [5, 5.41) is 11.2. The molecule has 3 aromatic rings. The van der Waals surface area contributed by atoms with Crippen LogP contribution in [0.5, 0.6) is 5.75 Å². The van der Waals surface area contributed by atoms with Crippen molar-refractivity contribution in [1.29, 1.82) is 0 Å². The lowest BCUT2D eigenvalue weighted by atomic mass is 9.80. The number of carbonyl (C=O) groups excluding carboxylic acids is 2. The number of aliphatic hydroxyl groups is 1. The standard InChI is InChI=1S/C52H79NO6/c1-4-6-8-10-16-27-45(26-15-7-5-2)38-43-58-51(56)33-22-21-32-49(55)44-53(39-23-11-9-12-24-41-54)40-25-42-59-52(46-28-17-13-18-29-46,47-30-19-14-20-31-47)48-34-36-50(57-3)37-35-48/h13-14,17-20,28-31,34-37,41,45,49,55H,4-12,15-16,21-27,32-33,38-40,42-44H2,1-3H3. The maximum atomic E-state index is 12.6. The summed E-state index contributed by atoms with van der Waals surface area (Å²) >= 11 is 0. The quantitative estimate of drug-likeness (QED) is 0.0271. The Balaban J connectivity index is 1.53. The van der Waals surface area contributed by atoms with Crippen LogP contribution in [0, 0.1) is 5.92 Å². The highest BCUT2D eigenvalue weighted by Crippen LogP contribution is 2.41. The Hall–Kier alpha value is -3.52. The number of hydrogen-bond donors (Lipinski definition) is 1. The Morgan fingerprint density at radius 1 is 0.644 bits per heavy atom. The molecule has 2 unspecified atom stereocenters. The van der Waals surface area contributed by atoms with Gasteiger partial charge >= 0.3 is 5.97 Å². The molecule has 3 rings (SSSR count). The Morgan fingerprint density at radius 3 is 1.85 bits per heavy atom. The summed E-state index contributed by atoms with van der Waals surface area (Å²) < 4.78 is 18.3. The lowest BCUT2D eigenvalue weighted by molar-refractivity contribution is -0.144. The third kappa shape index (κ3) is 19.6. The second-order valence-corrected chi connectivity index (χ2v) is 16.5. The lowest BCUT2D eigenvalue weighted by Crippen LogP contribution is -2.36. The number of hydrogen-bond acceptors (Lipinski definition) is 7. The van der Waals surface area contributed by atoms with E-state index in [4.69, 9.17) is 14.2 Å². The van der Waals surface area contributed by atoms with E-state index >= 15 is 0 Å². The maximum Gasteiger partial charge on any atom is 0.305 e. The van der Waals surface area contributed by atoms with E-state index in [0.717, 1.165) is 93.2 Å². The van der Waals surface area contributed by atoms with Crippen LogP contribution in [-0.2, 0) is 24.7 Å². The fraction of sp³-hybridized carbons (Fsp3) is 0.615. The van der Waals surface area contributed by atoms with Crippen LogP contribution in [-0.4, -0.2) is 68.3 Å². The molecule has 0 aliphatic heterocycles. The molecule has 2 atom stereocenters. The van der Waals surface area contributed by atoms with Gasteiger partial charge in [-0.1, -0.05) is 170 Å². The van der Waals surface area contributed by atoms with Crippen molar-refractivity contribution in [3.8, 4) is 5.75 Å². The molecule has 328 valence electrons. The van der Waals surface area contributed by atoms with E-state index < -0.39 is 11.7 Å². The Morgan fingerprint density at radius 2 is 1.20 bits per heavy atom. The normalized spacial score (nSPS) is 12.7. The maximum absolute atomic E-state index is 12.6. The van der Waals surface area contributed by atoms with Gasteiger partial charge in [-0.2, -0.15) is 0 Å². The molecule has 0 aliphatic rings. The number of methoxy groups -OCH3 is 1. The van der Waals surface area contributed by atoms with E-state index in [2.05, 4.69) is 79.4 Å². The minimum absolute atomic E-state index is 0.109. The fourth-order valence-electron chi connectivity index (χ4n) is 8.25. The van der Waals surface area contributed by atoms with Gasteiger partial charge in [0.05, 0.1) is 19.8 Å². The first-order valence-corrected chi connectivity index (χ1v) is 23.4. The molecule has 0 fully saturated rings. The summed E-state index contributed by atoms with van der Waals surface area (Å²) in [5.74, 6) is 1.34. The van der Waals surface area contributed by atoms with E-state index in [0.29, 0.717) is 44.9 Å². The van der Waals surface area contributed by atoms with Gasteiger partial charge in [0.15, 0.2) is 0 Å². The van der Waals surface area contributed by atoms with E-state index in [1.165, 1.54) is 64.2 Å². The minimum atomic E-state index is -0.816. The van der Waals surface area contributed by atoms with Crippen LogP contribution in [0.15, 0.2) is 84.9 Å². The van der Waals surface area contributed by atoms with Crippen molar-refractivity contribution < 1.29 is 28.9 Å². The molecule has 0 saturated heterocycles. The van der Waals surface area contributed by atoms with Crippen LogP contribution in [0.25, 0.3) is 0 Å². The summed E-state index contributed by atoms with van der Waals surface area (Å²) in [6.07, 6.45) is 22.3. The van der Waals surface area contributed by atoms with E-state index in [1.54, 1.807) is 7.11 Å². The molecular formula is C52H79NO6. The van der Waals surface area contributed by atoms with Crippen molar-refractivity contribution >= 4 is 12.3 Å². The van der Waals surface area contributed by atoms with Crippen molar-refractivity contribution in [3.63, 3.8) is 0 Å². The predicted molar refractivity (Wildman–Crippen MR) is 243 cm³/mol. The molecule has 1 N–H and O–H groups in total. The number of benzene rings is 3. The van der Waals surface area contributed by atoms with Gasteiger partial charge in [0.2, 0.25) is 0 Å². The zero-order valence-corrected chi connectivity index (χ0v) is 37.1. The van der Waals surface area contributed by atoms with Gasteiger partial charge in [-0.15, -0.1) is 0 Å². The first-order chi connectivity index (χ1) is 29.0. The van der Waals surface area contributed by atoms with E-state index in [9.17, 15) is 14.7 Å². The summed E-state index contributed by atoms with van der Waals surface area (Å²) in [6, 6.07) is 29.0. The van der Waals surface area contributed by atoms with Crippen LogP contribution < -0.4 is 4.74 Å². The smallest absolute Gasteiger partial charge is 0.305 e. The van der Waals surface area contributed by atoms with Gasteiger partial charge in [-0.05, 0) is 79.8 Å². The molecule has 0 bridgehead atoms. The van der Waals surface area contributed by atoms with Crippen LogP contribution >= 0.6 is 0 Å². The van der Waals surface area contributed by atoms with E-state index in [-0.39, 0.29) is 5.97 Å². The SMILES string of the molecule is CCCCCCCC(CCCCC)CCOC(=O)CCCCC(O)CN(CCCCCCC=O)CCCOC(c1ccccc1)(c1ccccc1)c1ccc(OC)cc1. The third-order valence-electron chi connectivity index (χ3n) is 11.7. The average molecular weight is 814 g/mol. The summed E-state index contributed by atoms with van der Waals surface area (Å²) in [4.78, 5) is 25.8. The number of ether oxygens (including phenoxy) is 3. The van der Waals surface area contributed by atoms with Gasteiger partial charge in [-0.3, -0.25) is 4.79 Å². The molecule has 7 nitrogen and oxygen atoms in total. The topological polar surface area (TPSA) is 85.3 Å². The number of aldehydes is 1. The molecule has 7 heteroatoms. The monoisotopic (exact) mass is 814 g/mol. The first kappa shape index (κ1) is 49.8. The molecule has 0 heterocycles. The number of carbonyl (C=O) groups is 2. The number of rotatable bonds is 36. The van der Waals surface area contributed by atoms with Crippen LogP contribution in [0.4, 0.5) is 0 Å². The summed E-state index contributed by atoms with van der Waals surface area (Å²) in [7, 11) is 1.68. The van der Waals surface area contributed by atoms with Gasteiger partial charge in [0.1, 0.15) is 17.6 Å². The average Bonchev–Trinajstić information content (AvgIpc) is 3.27. The molecule has 0 aromatic heterocycles. The van der Waals surface area contributed by atoms with Crippen LogP contribution in [0.1, 0.15) is 165 Å².